The highest BCUT2D eigenvalue weighted by molar-refractivity contribution is 6.05. The van der Waals surface area contributed by atoms with Gasteiger partial charge in [-0.3, -0.25) is 14.9 Å². The van der Waals surface area contributed by atoms with Crippen LogP contribution >= 0.6 is 0 Å². The first-order chi connectivity index (χ1) is 9.88. The van der Waals surface area contributed by atoms with Gasteiger partial charge in [-0.2, -0.15) is 0 Å². The van der Waals surface area contributed by atoms with Crippen LogP contribution in [0.5, 0.6) is 0 Å². The molecular formula is C14H12FN3O3. The van der Waals surface area contributed by atoms with Crippen LogP contribution in [0, 0.1) is 22.9 Å². The number of anilines is 2. The fraction of sp³-hybridized carbons (Fsp3) is 0.0714. The smallest absolute Gasteiger partial charge is 0.292 e. The fourth-order valence-corrected chi connectivity index (χ4v) is 1.78. The number of rotatable bonds is 3. The third kappa shape index (κ3) is 3.14. The van der Waals surface area contributed by atoms with Crippen molar-refractivity contribution in [3.05, 3.63) is 63.5 Å². The molecule has 7 heteroatoms. The second-order valence-corrected chi connectivity index (χ2v) is 4.47. The highest BCUT2D eigenvalue weighted by Crippen LogP contribution is 2.23. The molecule has 0 spiro atoms. The minimum atomic E-state index is -0.642. The van der Waals surface area contributed by atoms with Crippen molar-refractivity contribution in [3.63, 3.8) is 0 Å². The zero-order valence-corrected chi connectivity index (χ0v) is 11.1. The third-order valence-electron chi connectivity index (χ3n) is 2.86. The number of carbonyl (C=O) groups is 1. The number of nitrogen functional groups attached to an aromatic ring is 1. The van der Waals surface area contributed by atoms with E-state index in [1.54, 1.807) is 13.0 Å². The van der Waals surface area contributed by atoms with E-state index in [0.29, 0.717) is 0 Å². The second kappa shape index (κ2) is 5.58. The summed E-state index contributed by atoms with van der Waals surface area (Å²) in [5, 5.41) is 13.0. The lowest BCUT2D eigenvalue weighted by Gasteiger charge is -2.07. The molecule has 0 aromatic heterocycles. The van der Waals surface area contributed by atoms with Crippen LogP contribution < -0.4 is 11.1 Å². The van der Waals surface area contributed by atoms with Crippen molar-refractivity contribution in [2.45, 2.75) is 6.92 Å². The standard InChI is InChI=1S/C14H12FN3O3/c1-8-2-4-12(10(15)6-8)17-14(19)9-3-5-13(18(20)21)11(16)7-9/h2-7H,16H2,1H3,(H,17,19). The van der Waals surface area contributed by atoms with Crippen LogP contribution in [-0.2, 0) is 0 Å². The van der Waals surface area contributed by atoms with Crippen LogP contribution in [0.3, 0.4) is 0 Å². The third-order valence-corrected chi connectivity index (χ3v) is 2.86. The maximum absolute atomic E-state index is 13.6. The number of amides is 1. The SMILES string of the molecule is Cc1ccc(NC(=O)c2ccc([N+](=O)[O-])c(N)c2)c(F)c1. The van der Waals surface area contributed by atoms with Gasteiger partial charge in [0.2, 0.25) is 0 Å². The molecular weight excluding hydrogens is 277 g/mol. The Kier molecular flexibility index (Phi) is 3.84. The molecule has 6 nitrogen and oxygen atoms in total. The summed E-state index contributed by atoms with van der Waals surface area (Å²) in [6.07, 6.45) is 0. The van der Waals surface area contributed by atoms with E-state index in [0.717, 1.165) is 11.6 Å². The van der Waals surface area contributed by atoms with Gasteiger partial charge in [0, 0.05) is 11.6 Å². The molecule has 0 aliphatic rings. The summed E-state index contributed by atoms with van der Waals surface area (Å²) >= 11 is 0. The zero-order chi connectivity index (χ0) is 15.6. The Morgan fingerprint density at radius 2 is 2.00 bits per heavy atom. The molecule has 0 aliphatic carbocycles. The summed E-state index contributed by atoms with van der Waals surface area (Å²) in [5.41, 5.74) is 5.96. The first-order valence-electron chi connectivity index (χ1n) is 6.00. The predicted molar refractivity (Wildman–Crippen MR) is 76.6 cm³/mol. The Bertz CT molecular complexity index is 731. The molecule has 0 fully saturated rings. The monoisotopic (exact) mass is 289 g/mol. The summed E-state index contributed by atoms with van der Waals surface area (Å²) in [4.78, 5) is 22.0. The number of nitrogens with one attached hydrogen (secondary N) is 1. The molecule has 2 aromatic carbocycles. The molecule has 1 amide bonds. The summed E-state index contributed by atoms with van der Waals surface area (Å²) in [5.74, 6) is -1.16. The van der Waals surface area contributed by atoms with Gasteiger partial charge in [0.1, 0.15) is 11.5 Å². The highest BCUT2D eigenvalue weighted by Gasteiger charge is 2.15. The van der Waals surface area contributed by atoms with Crippen molar-refractivity contribution in [1.82, 2.24) is 0 Å². The summed E-state index contributed by atoms with van der Waals surface area (Å²) in [6.45, 7) is 1.73. The lowest BCUT2D eigenvalue weighted by Crippen LogP contribution is -2.13. The van der Waals surface area contributed by atoms with Crippen LogP contribution in [0.15, 0.2) is 36.4 Å². The van der Waals surface area contributed by atoms with Crippen molar-refractivity contribution in [2.75, 3.05) is 11.1 Å². The maximum Gasteiger partial charge on any atom is 0.292 e. The number of benzene rings is 2. The second-order valence-electron chi connectivity index (χ2n) is 4.47. The van der Waals surface area contributed by atoms with Gasteiger partial charge in [0.15, 0.2) is 0 Å². The Morgan fingerprint density at radius 1 is 1.29 bits per heavy atom. The molecule has 3 N–H and O–H groups in total. The van der Waals surface area contributed by atoms with E-state index >= 15 is 0 Å². The van der Waals surface area contributed by atoms with E-state index in [1.807, 2.05) is 0 Å². The quantitative estimate of drug-likeness (QED) is 0.515. The summed E-state index contributed by atoms with van der Waals surface area (Å²) in [6, 6.07) is 7.96. The molecule has 0 atom stereocenters. The van der Waals surface area contributed by atoms with Gasteiger partial charge >= 0.3 is 0 Å². The van der Waals surface area contributed by atoms with Crippen LogP contribution in [0.1, 0.15) is 15.9 Å². The average molecular weight is 289 g/mol. The normalized spacial score (nSPS) is 10.2. The number of halogens is 1. The van der Waals surface area contributed by atoms with Crippen LogP contribution in [0.25, 0.3) is 0 Å². The molecule has 0 saturated heterocycles. The Hall–Kier alpha value is -2.96. The van der Waals surface area contributed by atoms with E-state index in [-0.39, 0.29) is 22.6 Å². The molecule has 2 rings (SSSR count). The number of nitrogens with zero attached hydrogens (tertiary/aromatic N) is 1. The summed E-state index contributed by atoms with van der Waals surface area (Å²) < 4.78 is 13.6. The van der Waals surface area contributed by atoms with Crippen molar-refractivity contribution < 1.29 is 14.1 Å². The molecule has 108 valence electrons. The zero-order valence-electron chi connectivity index (χ0n) is 11.1. The molecule has 0 unspecified atom stereocenters. The summed E-state index contributed by atoms with van der Waals surface area (Å²) in [7, 11) is 0. The minimum absolute atomic E-state index is 0.0301. The highest BCUT2D eigenvalue weighted by atomic mass is 19.1. The molecule has 0 heterocycles. The number of hydrogen-bond acceptors (Lipinski definition) is 4. The number of hydrogen-bond donors (Lipinski definition) is 2. The van der Waals surface area contributed by atoms with Gasteiger partial charge in [-0.25, -0.2) is 4.39 Å². The Morgan fingerprint density at radius 3 is 2.57 bits per heavy atom. The largest absolute Gasteiger partial charge is 0.393 e. The van der Waals surface area contributed by atoms with Gasteiger partial charge in [-0.15, -0.1) is 0 Å². The minimum Gasteiger partial charge on any atom is -0.393 e. The van der Waals surface area contributed by atoms with Gasteiger partial charge in [0.25, 0.3) is 11.6 Å². The predicted octanol–water partition coefficient (Wildman–Crippen LogP) is 2.88. The molecule has 0 saturated carbocycles. The van der Waals surface area contributed by atoms with Crippen LogP contribution in [0.2, 0.25) is 0 Å². The number of nitro benzene ring substituents is 1. The first-order valence-corrected chi connectivity index (χ1v) is 6.00. The number of aryl methyl sites for hydroxylation is 1. The van der Waals surface area contributed by atoms with Gasteiger partial charge in [-0.1, -0.05) is 6.07 Å². The average Bonchev–Trinajstić information content (AvgIpc) is 2.41. The van der Waals surface area contributed by atoms with Gasteiger partial charge < -0.3 is 11.1 Å². The van der Waals surface area contributed by atoms with E-state index in [2.05, 4.69) is 5.32 Å². The molecule has 0 bridgehead atoms. The Balaban J connectivity index is 2.24. The van der Waals surface area contributed by atoms with Crippen molar-refractivity contribution in [2.24, 2.45) is 0 Å². The lowest BCUT2D eigenvalue weighted by molar-refractivity contribution is -0.383. The van der Waals surface area contributed by atoms with Gasteiger partial charge in [-0.05, 0) is 36.8 Å². The van der Waals surface area contributed by atoms with E-state index in [9.17, 15) is 19.3 Å². The van der Waals surface area contributed by atoms with Crippen LogP contribution in [0.4, 0.5) is 21.5 Å². The molecule has 0 radical (unpaired) electrons. The van der Waals surface area contributed by atoms with E-state index in [4.69, 9.17) is 5.73 Å². The molecule has 2 aromatic rings. The van der Waals surface area contributed by atoms with Crippen molar-refractivity contribution in [1.29, 1.82) is 0 Å². The fourth-order valence-electron chi connectivity index (χ4n) is 1.78. The van der Waals surface area contributed by atoms with Crippen LogP contribution in [-0.4, -0.2) is 10.8 Å². The van der Waals surface area contributed by atoms with Gasteiger partial charge in [0.05, 0.1) is 10.6 Å². The topological polar surface area (TPSA) is 98.3 Å². The van der Waals surface area contributed by atoms with Crippen molar-refractivity contribution >= 4 is 23.0 Å². The van der Waals surface area contributed by atoms with E-state index < -0.39 is 16.6 Å². The number of nitrogens with two attached hydrogens (primary N) is 1. The first kappa shape index (κ1) is 14.4. The lowest BCUT2D eigenvalue weighted by atomic mass is 10.1. The number of carbonyl (C=O) groups excluding carboxylic acids is 1. The van der Waals surface area contributed by atoms with Crippen molar-refractivity contribution in [3.8, 4) is 0 Å². The Labute approximate surface area is 119 Å². The van der Waals surface area contributed by atoms with E-state index in [1.165, 1.54) is 24.3 Å². The number of nitro groups is 1. The molecule has 0 aliphatic heterocycles. The molecule has 21 heavy (non-hydrogen) atoms. The maximum atomic E-state index is 13.6.